The van der Waals surface area contributed by atoms with Crippen LogP contribution in [-0.2, 0) is 4.74 Å². The second kappa shape index (κ2) is 7.66. The Labute approximate surface area is 117 Å². The second-order valence-corrected chi connectivity index (χ2v) is 5.75. The first-order valence-electron chi connectivity index (χ1n) is 7.69. The van der Waals surface area contributed by atoms with Crippen molar-refractivity contribution < 1.29 is 4.74 Å². The molecule has 1 aliphatic rings. The first-order chi connectivity index (χ1) is 9.31. The summed E-state index contributed by atoms with van der Waals surface area (Å²) in [6.07, 6.45) is 5.82. The lowest BCUT2D eigenvalue weighted by Gasteiger charge is -2.34. The van der Waals surface area contributed by atoms with Gasteiger partial charge in [0.1, 0.15) is 0 Å². The fraction of sp³-hybridized carbons (Fsp3) is 0.647. The van der Waals surface area contributed by atoms with Crippen LogP contribution in [0.5, 0.6) is 0 Å². The molecule has 1 fully saturated rings. The van der Waals surface area contributed by atoms with Gasteiger partial charge in [0, 0.05) is 19.3 Å². The van der Waals surface area contributed by atoms with E-state index in [-0.39, 0.29) is 0 Å². The highest BCUT2D eigenvalue weighted by atomic mass is 16.5. The van der Waals surface area contributed by atoms with E-state index >= 15 is 0 Å². The molecule has 0 aromatic heterocycles. The molecule has 1 aromatic rings. The molecule has 3 unspecified atom stereocenters. The number of nitrogens with two attached hydrogens (primary N) is 1. The van der Waals surface area contributed by atoms with Crippen molar-refractivity contribution in [1.29, 1.82) is 0 Å². The van der Waals surface area contributed by atoms with Crippen LogP contribution in [-0.4, -0.2) is 19.3 Å². The molecule has 2 rings (SSSR count). The minimum Gasteiger partial charge on any atom is -0.381 e. The third-order valence-corrected chi connectivity index (χ3v) is 4.29. The molecule has 0 aliphatic heterocycles. The third-order valence-electron chi connectivity index (χ3n) is 4.29. The van der Waals surface area contributed by atoms with Gasteiger partial charge in [-0.15, -0.1) is 0 Å². The molecule has 19 heavy (non-hydrogen) atoms. The van der Waals surface area contributed by atoms with Gasteiger partial charge in [-0.3, -0.25) is 0 Å². The molecule has 0 amide bonds. The molecule has 0 radical (unpaired) electrons. The number of hydrogen-bond donors (Lipinski definition) is 1. The lowest BCUT2D eigenvalue weighted by molar-refractivity contribution is 0.107. The van der Waals surface area contributed by atoms with Crippen molar-refractivity contribution in [2.75, 3.05) is 13.2 Å². The van der Waals surface area contributed by atoms with Gasteiger partial charge in [-0.2, -0.15) is 0 Å². The molecule has 0 spiro atoms. The van der Waals surface area contributed by atoms with Gasteiger partial charge in [0.25, 0.3) is 0 Å². The Morgan fingerprint density at radius 2 is 1.95 bits per heavy atom. The average Bonchev–Trinajstić information content (AvgIpc) is 2.46. The Balaban J connectivity index is 1.85. The van der Waals surface area contributed by atoms with E-state index in [4.69, 9.17) is 10.5 Å². The molecule has 106 valence electrons. The van der Waals surface area contributed by atoms with E-state index in [2.05, 4.69) is 37.3 Å². The molecule has 2 heteroatoms. The molecule has 0 saturated heterocycles. The summed E-state index contributed by atoms with van der Waals surface area (Å²) >= 11 is 0. The standard InChI is InChI=1S/C17H27NO/c1-2-11-19-12-10-16-13-15(8-9-17(16)18)14-6-4-3-5-7-14/h3-7,15-17H,2,8-13,18H2,1H3. The number of benzene rings is 1. The topological polar surface area (TPSA) is 35.2 Å². The van der Waals surface area contributed by atoms with Crippen molar-refractivity contribution in [2.45, 2.75) is 51.0 Å². The van der Waals surface area contributed by atoms with E-state index in [0.717, 1.165) is 32.5 Å². The average molecular weight is 261 g/mol. The van der Waals surface area contributed by atoms with Gasteiger partial charge in [0.05, 0.1) is 0 Å². The molecule has 0 bridgehead atoms. The molecule has 1 aliphatic carbocycles. The largest absolute Gasteiger partial charge is 0.381 e. The minimum absolute atomic E-state index is 0.366. The normalized spacial score (nSPS) is 27.4. The van der Waals surface area contributed by atoms with Gasteiger partial charge in [-0.05, 0) is 49.5 Å². The van der Waals surface area contributed by atoms with E-state index in [1.165, 1.54) is 18.4 Å². The first-order valence-corrected chi connectivity index (χ1v) is 7.69. The van der Waals surface area contributed by atoms with Gasteiger partial charge in [-0.25, -0.2) is 0 Å². The Kier molecular flexibility index (Phi) is 5.87. The van der Waals surface area contributed by atoms with Gasteiger partial charge < -0.3 is 10.5 Å². The van der Waals surface area contributed by atoms with E-state index in [9.17, 15) is 0 Å². The summed E-state index contributed by atoms with van der Waals surface area (Å²) in [5.41, 5.74) is 7.76. The lowest BCUT2D eigenvalue weighted by Crippen LogP contribution is -2.36. The Morgan fingerprint density at radius 3 is 2.68 bits per heavy atom. The molecular formula is C17H27NO. The van der Waals surface area contributed by atoms with E-state index in [0.29, 0.717) is 17.9 Å². The summed E-state index contributed by atoms with van der Waals surface area (Å²) in [5, 5.41) is 0. The zero-order valence-electron chi connectivity index (χ0n) is 12.1. The van der Waals surface area contributed by atoms with Gasteiger partial charge in [-0.1, -0.05) is 37.3 Å². The second-order valence-electron chi connectivity index (χ2n) is 5.75. The number of hydrogen-bond acceptors (Lipinski definition) is 2. The van der Waals surface area contributed by atoms with E-state index in [1.807, 2.05) is 0 Å². The van der Waals surface area contributed by atoms with Gasteiger partial charge >= 0.3 is 0 Å². The monoisotopic (exact) mass is 261 g/mol. The summed E-state index contributed by atoms with van der Waals surface area (Å²) < 4.78 is 5.62. The third kappa shape index (κ3) is 4.32. The van der Waals surface area contributed by atoms with Crippen molar-refractivity contribution in [3.05, 3.63) is 35.9 Å². The summed E-state index contributed by atoms with van der Waals surface area (Å²) in [6.45, 7) is 3.90. The summed E-state index contributed by atoms with van der Waals surface area (Å²) in [7, 11) is 0. The van der Waals surface area contributed by atoms with Crippen LogP contribution in [0.15, 0.2) is 30.3 Å². The molecule has 3 atom stereocenters. The maximum atomic E-state index is 6.28. The van der Waals surface area contributed by atoms with Gasteiger partial charge in [0.2, 0.25) is 0 Å². The lowest BCUT2D eigenvalue weighted by atomic mass is 9.74. The summed E-state index contributed by atoms with van der Waals surface area (Å²) in [4.78, 5) is 0. The first kappa shape index (κ1) is 14.5. The van der Waals surface area contributed by atoms with Crippen LogP contribution >= 0.6 is 0 Å². The highest BCUT2D eigenvalue weighted by molar-refractivity contribution is 5.20. The van der Waals surface area contributed by atoms with Crippen LogP contribution in [0.25, 0.3) is 0 Å². The maximum absolute atomic E-state index is 6.28. The van der Waals surface area contributed by atoms with E-state index < -0.39 is 0 Å². The van der Waals surface area contributed by atoms with Gasteiger partial charge in [0.15, 0.2) is 0 Å². The Bertz CT molecular complexity index is 352. The van der Waals surface area contributed by atoms with Crippen LogP contribution in [0.4, 0.5) is 0 Å². The van der Waals surface area contributed by atoms with Crippen molar-refractivity contribution in [3.8, 4) is 0 Å². The summed E-state index contributed by atoms with van der Waals surface area (Å²) in [5.74, 6) is 1.31. The fourth-order valence-electron chi connectivity index (χ4n) is 3.13. The van der Waals surface area contributed by atoms with E-state index in [1.54, 1.807) is 0 Å². The quantitative estimate of drug-likeness (QED) is 0.792. The molecule has 1 aromatic carbocycles. The zero-order valence-corrected chi connectivity index (χ0v) is 12.1. The predicted octanol–water partition coefficient (Wildman–Crippen LogP) is 3.71. The molecule has 2 N–H and O–H groups in total. The molecule has 1 saturated carbocycles. The molecule has 2 nitrogen and oxygen atoms in total. The van der Waals surface area contributed by atoms with Crippen LogP contribution in [0.2, 0.25) is 0 Å². The van der Waals surface area contributed by atoms with Crippen LogP contribution in [0.1, 0.15) is 50.5 Å². The zero-order chi connectivity index (χ0) is 13.5. The SMILES string of the molecule is CCCOCCC1CC(c2ccccc2)CCC1N. The number of ether oxygens (including phenoxy) is 1. The van der Waals surface area contributed by atoms with Crippen molar-refractivity contribution in [1.82, 2.24) is 0 Å². The fourth-order valence-corrected chi connectivity index (χ4v) is 3.13. The Morgan fingerprint density at radius 1 is 1.16 bits per heavy atom. The number of rotatable bonds is 6. The predicted molar refractivity (Wildman–Crippen MR) is 80.2 cm³/mol. The summed E-state index contributed by atoms with van der Waals surface area (Å²) in [6, 6.07) is 11.3. The van der Waals surface area contributed by atoms with Crippen molar-refractivity contribution in [3.63, 3.8) is 0 Å². The minimum atomic E-state index is 0.366. The smallest absolute Gasteiger partial charge is 0.0469 e. The Hall–Kier alpha value is -0.860. The maximum Gasteiger partial charge on any atom is 0.0469 e. The van der Waals surface area contributed by atoms with Crippen molar-refractivity contribution >= 4 is 0 Å². The van der Waals surface area contributed by atoms with Crippen LogP contribution in [0.3, 0.4) is 0 Å². The van der Waals surface area contributed by atoms with Crippen LogP contribution in [0, 0.1) is 5.92 Å². The highest BCUT2D eigenvalue weighted by Crippen LogP contribution is 2.36. The van der Waals surface area contributed by atoms with Crippen molar-refractivity contribution in [2.24, 2.45) is 11.7 Å². The molecule has 0 heterocycles. The van der Waals surface area contributed by atoms with Crippen LogP contribution < -0.4 is 5.73 Å². The highest BCUT2D eigenvalue weighted by Gasteiger charge is 2.28. The molecular weight excluding hydrogens is 234 g/mol.